The van der Waals surface area contributed by atoms with Gasteiger partial charge in [-0.15, -0.1) is 0 Å². The largest absolute Gasteiger partial charge is 0.395 e. The third kappa shape index (κ3) is 5.36. The fourth-order valence-corrected chi connectivity index (χ4v) is 4.70. The summed E-state index contributed by atoms with van der Waals surface area (Å²) in [5, 5.41) is 14.4. The highest BCUT2D eigenvalue weighted by atomic mass is 35.5. The van der Waals surface area contributed by atoms with Crippen LogP contribution in [0, 0.1) is 0 Å². The molecule has 8 nitrogen and oxygen atoms in total. The quantitative estimate of drug-likeness (QED) is 0.399. The van der Waals surface area contributed by atoms with E-state index in [1.807, 2.05) is 48.7 Å². The first-order valence-electron chi connectivity index (χ1n) is 12.1. The fraction of sp³-hybridized carbons (Fsp3) is 0.296. The number of aliphatic hydroxyl groups is 1. The van der Waals surface area contributed by atoms with Crippen molar-refractivity contribution in [1.29, 1.82) is 0 Å². The molecule has 3 heterocycles. The smallest absolute Gasteiger partial charge is 0.250 e. The summed E-state index contributed by atoms with van der Waals surface area (Å²) in [7, 11) is 1.75. The molecule has 1 saturated heterocycles. The van der Waals surface area contributed by atoms with Crippen LogP contribution in [0.1, 0.15) is 5.56 Å². The molecule has 9 heteroatoms. The van der Waals surface area contributed by atoms with Crippen LogP contribution in [0.3, 0.4) is 0 Å². The minimum Gasteiger partial charge on any atom is -0.395 e. The lowest BCUT2D eigenvalue weighted by atomic mass is 10.0. The normalized spacial score (nSPS) is 14.4. The summed E-state index contributed by atoms with van der Waals surface area (Å²) in [5.74, 6) is 1.44. The van der Waals surface area contributed by atoms with Crippen LogP contribution in [-0.4, -0.2) is 63.9 Å². The number of aliphatic hydroxyl groups excluding tert-OH is 1. The van der Waals surface area contributed by atoms with Crippen molar-refractivity contribution in [2.45, 2.75) is 6.54 Å². The predicted molar refractivity (Wildman–Crippen MR) is 145 cm³/mol. The van der Waals surface area contributed by atoms with Crippen molar-refractivity contribution in [2.24, 2.45) is 7.05 Å². The number of aromatic nitrogens is 3. The molecule has 0 atom stereocenters. The maximum Gasteiger partial charge on any atom is 0.250 e. The highest BCUT2D eigenvalue weighted by Gasteiger charge is 2.20. The Bertz CT molecular complexity index is 1430. The molecule has 2 aromatic carbocycles. The Morgan fingerprint density at radius 3 is 2.56 bits per heavy atom. The number of fused-ring (bicyclic) bond motifs is 1. The van der Waals surface area contributed by atoms with Crippen molar-refractivity contribution >= 4 is 34.3 Å². The van der Waals surface area contributed by atoms with Crippen molar-refractivity contribution in [3.63, 3.8) is 0 Å². The van der Waals surface area contributed by atoms with Crippen molar-refractivity contribution in [1.82, 2.24) is 19.4 Å². The number of β-amino-alcohol motifs (C(OH)–C–C–N with tert-alkyl or cyclic N) is 1. The van der Waals surface area contributed by atoms with Crippen LogP contribution in [0.4, 0.5) is 11.8 Å². The van der Waals surface area contributed by atoms with Crippen molar-refractivity contribution in [3.8, 4) is 11.1 Å². The maximum absolute atomic E-state index is 11.9. The number of anilines is 2. The summed E-state index contributed by atoms with van der Waals surface area (Å²) in [4.78, 5) is 26.1. The number of aryl methyl sites for hydroxylation is 1. The monoisotopic (exact) mass is 504 g/mol. The number of nitrogens with one attached hydrogen (secondary N) is 1. The first-order chi connectivity index (χ1) is 17.5. The summed E-state index contributed by atoms with van der Waals surface area (Å²) in [6.07, 6.45) is 1.84. The third-order valence-electron chi connectivity index (χ3n) is 6.52. The van der Waals surface area contributed by atoms with Crippen molar-refractivity contribution in [2.75, 3.05) is 49.5 Å². The molecule has 0 radical (unpaired) electrons. The summed E-state index contributed by atoms with van der Waals surface area (Å²) in [6.45, 7) is 4.75. The van der Waals surface area contributed by atoms with Gasteiger partial charge in [-0.2, -0.15) is 4.98 Å². The molecule has 186 valence electrons. The lowest BCUT2D eigenvalue weighted by Gasteiger charge is -2.34. The van der Waals surface area contributed by atoms with Gasteiger partial charge < -0.3 is 19.9 Å². The van der Waals surface area contributed by atoms with E-state index in [0.717, 1.165) is 59.6 Å². The Kier molecular flexibility index (Phi) is 7.18. The number of pyridine rings is 1. The standard InChI is InChI=1S/C27H29ClN6O2/c1-32-18-21(6-8-25(32)36)20-5-7-24-23(16-20)26(29-17-19-3-2-4-22(28)15-19)31-27(30-24)34-11-9-33(10-12-34)13-14-35/h2-8,15-16,18,35H,9-14,17H2,1H3,(H,29,30,31). The molecule has 1 aliphatic rings. The minimum atomic E-state index is -0.0459. The number of hydrogen-bond donors (Lipinski definition) is 2. The number of nitrogens with zero attached hydrogens (tertiary/aromatic N) is 5. The second kappa shape index (κ2) is 10.7. The second-order valence-electron chi connectivity index (χ2n) is 9.01. The van der Waals surface area contributed by atoms with E-state index in [0.29, 0.717) is 24.1 Å². The van der Waals surface area contributed by atoms with Crippen LogP contribution in [0.5, 0.6) is 0 Å². The van der Waals surface area contributed by atoms with Crippen LogP contribution in [0.15, 0.2) is 65.6 Å². The molecular weight excluding hydrogens is 476 g/mol. The van der Waals surface area contributed by atoms with Crippen LogP contribution >= 0.6 is 11.6 Å². The van der Waals surface area contributed by atoms with Crippen LogP contribution in [0.2, 0.25) is 5.02 Å². The van der Waals surface area contributed by atoms with E-state index in [1.165, 1.54) is 0 Å². The number of benzene rings is 2. The van der Waals surface area contributed by atoms with E-state index < -0.39 is 0 Å². The highest BCUT2D eigenvalue weighted by molar-refractivity contribution is 6.30. The van der Waals surface area contributed by atoms with Crippen molar-refractivity contribution in [3.05, 3.63) is 81.7 Å². The van der Waals surface area contributed by atoms with Crippen molar-refractivity contribution < 1.29 is 5.11 Å². The van der Waals surface area contributed by atoms with Gasteiger partial charge in [0.05, 0.1) is 12.1 Å². The molecule has 0 bridgehead atoms. The molecule has 2 N–H and O–H groups in total. The van der Waals surface area contributed by atoms with E-state index >= 15 is 0 Å². The average molecular weight is 505 g/mol. The lowest BCUT2D eigenvalue weighted by molar-refractivity contribution is 0.188. The molecule has 1 fully saturated rings. The minimum absolute atomic E-state index is 0.0459. The molecular formula is C27H29ClN6O2. The van der Waals surface area contributed by atoms with Gasteiger partial charge in [-0.05, 0) is 47.0 Å². The maximum atomic E-state index is 11.9. The van der Waals surface area contributed by atoms with Gasteiger partial charge in [-0.25, -0.2) is 4.98 Å². The topological polar surface area (TPSA) is 86.5 Å². The van der Waals surface area contributed by atoms with E-state index in [2.05, 4.69) is 21.2 Å². The molecule has 0 spiro atoms. The van der Waals surface area contributed by atoms with Gasteiger partial charge in [0, 0.05) is 69.0 Å². The summed E-state index contributed by atoms with van der Waals surface area (Å²) in [6, 6.07) is 17.3. The molecule has 36 heavy (non-hydrogen) atoms. The van der Waals surface area contributed by atoms with E-state index in [1.54, 1.807) is 17.7 Å². The summed E-state index contributed by atoms with van der Waals surface area (Å²) >= 11 is 6.19. The average Bonchev–Trinajstić information content (AvgIpc) is 2.89. The Balaban J connectivity index is 1.51. The zero-order valence-corrected chi connectivity index (χ0v) is 20.9. The van der Waals surface area contributed by atoms with Crippen LogP contribution < -0.4 is 15.8 Å². The van der Waals surface area contributed by atoms with Gasteiger partial charge in [0.25, 0.3) is 0 Å². The Morgan fingerprint density at radius 1 is 1.00 bits per heavy atom. The van der Waals surface area contributed by atoms with E-state index in [-0.39, 0.29) is 12.2 Å². The Morgan fingerprint density at radius 2 is 1.81 bits per heavy atom. The number of piperazine rings is 1. The summed E-state index contributed by atoms with van der Waals surface area (Å²) in [5.41, 5.74) is 3.79. The Hall–Kier alpha value is -3.46. The Labute approximate surface area is 214 Å². The fourth-order valence-electron chi connectivity index (χ4n) is 4.48. The second-order valence-corrected chi connectivity index (χ2v) is 9.44. The lowest BCUT2D eigenvalue weighted by Crippen LogP contribution is -2.47. The predicted octanol–water partition coefficient (Wildman–Crippen LogP) is 3.38. The van der Waals surface area contributed by atoms with Crippen LogP contribution in [0.25, 0.3) is 22.0 Å². The van der Waals surface area contributed by atoms with Gasteiger partial charge >= 0.3 is 0 Å². The molecule has 0 unspecified atom stereocenters. The number of hydrogen-bond acceptors (Lipinski definition) is 7. The van der Waals surface area contributed by atoms with Gasteiger partial charge in [-0.3, -0.25) is 9.69 Å². The number of rotatable bonds is 7. The first-order valence-corrected chi connectivity index (χ1v) is 12.4. The first kappa shape index (κ1) is 24.2. The van der Waals surface area contributed by atoms with E-state index in [4.69, 9.17) is 21.6 Å². The molecule has 0 aliphatic carbocycles. The number of halogens is 1. The van der Waals surface area contributed by atoms with Gasteiger partial charge in [0.1, 0.15) is 5.82 Å². The van der Waals surface area contributed by atoms with Gasteiger partial charge in [0.15, 0.2) is 0 Å². The highest BCUT2D eigenvalue weighted by Crippen LogP contribution is 2.29. The molecule has 5 rings (SSSR count). The molecule has 2 aromatic heterocycles. The molecule has 1 aliphatic heterocycles. The summed E-state index contributed by atoms with van der Waals surface area (Å²) < 4.78 is 1.58. The van der Waals surface area contributed by atoms with E-state index in [9.17, 15) is 9.90 Å². The molecule has 0 amide bonds. The molecule has 0 saturated carbocycles. The zero-order chi connectivity index (χ0) is 25.1. The van der Waals surface area contributed by atoms with Gasteiger partial charge in [-0.1, -0.05) is 29.8 Å². The third-order valence-corrected chi connectivity index (χ3v) is 6.76. The zero-order valence-electron chi connectivity index (χ0n) is 20.2. The van der Waals surface area contributed by atoms with Crippen LogP contribution in [-0.2, 0) is 13.6 Å². The molecule has 4 aromatic rings. The SMILES string of the molecule is Cn1cc(-c2ccc3nc(N4CCN(CCO)CC4)nc(NCc4cccc(Cl)c4)c3c2)ccc1=O. The van der Waals surface area contributed by atoms with Gasteiger partial charge in [0.2, 0.25) is 11.5 Å².